The molecule has 0 N–H and O–H groups in total. The first kappa shape index (κ1) is 23.3. The largest absolute Gasteiger partial charge is 0.265 e. The third kappa shape index (κ3) is 5.85. The first-order valence-electron chi connectivity index (χ1n) is 12.4. The van der Waals surface area contributed by atoms with Gasteiger partial charge in [-0.15, -0.1) is 0 Å². The van der Waals surface area contributed by atoms with Gasteiger partial charge in [0.1, 0.15) is 0 Å². The standard InChI is InChI=1S/C25H34.C5H5N/c1-3-5-7-13-19-25(20-14-8-6-4-2)23-17-11-9-15-21(23)22-16-10-12-18-24(22)25;1-2-4-6-5-3-1/h9-12,15-18H,3-8,13-14,19-20H2,1-2H3;1-5H. The molecule has 1 aliphatic rings. The second-order valence-corrected chi connectivity index (χ2v) is 8.82. The molecule has 2 aromatic carbocycles. The number of nitrogens with zero attached hydrogens (tertiary/aromatic N) is 1. The molecule has 1 aliphatic carbocycles. The second kappa shape index (κ2) is 12.4. The van der Waals surface area contributed by atoms with Crippen molar-refractivity contribution in [3.63, 3.8) is 0 Å². The van der Waals surface area contributed by atoms with E-state index in [9.17, 15) is 0 Å². The van der Waals surface area contributed by atoms with Crippen LogP contribution in [-0.4, -0.2) is 4.98 Å². The Balaban J connectivity index is 0.000000391. The smallest absolute Gasteiger partial charge is 0.0267 e. The lowest BCUT2D eigenvalue weighted by Gasteiger charge is -2.33. The van der Waals surface area contributed by atoms with Crippen molar-refractivity contribution in [2.45, 2.75) is 83.5 Å². The number of rotatable bonds is 10. The van der Waals surface area contributed by atoms with Gasteiger partial charge in [-0.25, -0.2) is 0 Å². The highest BCUT2D eigenvalue weighted by atomic mass is 14.6. The molecule has 1 nitrogen and oxygen atoms in total. The second-order valence-electron chi connectivity index (χ2n) is 8.82. The van der Waals surface area contributed by atoms with Crippen molar-refractivity contribution in [3.05, 3.63) is 90.3 Å². The Labute approximate surface area is 190 Å². The van der Waals surface area contributed by atoms with Crippen LogP contribution in [0, 0.1) is 0 Å². The molecule has 0 spiro atoms. The number of fused-ring (bicyclic) bond motifs is 3. The van der Waals surface area contributed by atoms with Gasteiger partial charge in [-0.1, -0.05) is 120 Å². The fourth-order valence-electron chi connectivity index (χ4n) is 5.10. The van der Waals surface area contributed by atoms with Crippen LogP contribution in [0.3, 0.4) is 0 Å². The SMILES string of the molecule is CCCCCCC1(CCCCCC)c2ccccc2-c2ccccc21.c1ccncc1. The van der Waals surface area contributed by atoms with Gasteiger partial charge < -0.3 is 0 Å². The molecule has 1 heterocycles. The predicted molar refractivity (Wildman–Crippen MR) is 134 cm³/mol. The zero-order valence-corrected chi connectivity index (χ0v) is 19.5. The minimum Gasteiger partial charge on any atom is -0.265 e. The summed E-state index contributed by atoms with van der Waals surface area (Å²) >= 11 is 0. The van der Waals surface area contributed by atoms with E-state index in [1.54, 1.807) is 23.5 Å². The van der Waals surface area contributed by atoms with E-state index in [4.69, 9.17) is 0 Å². The Hall–Kier alpha value is -2.41. The van der Waals surface area contributed by atoms with E-state index in [1.807, 2.05) is 18.2 Å². The van der Waals surface area contributed by atoms with Crippen molar-refractivity contribution in [2.75, 3.05) is 0 Å². The average molecular weight is 414 g/mol. The molecule has 1 aromatic heterocycles. The van der Waals surface area contributed by atoms with Crippen LogP contribution in [0.1, 0.15) is 89.2 Å². The lowest BCUT2D eigenvalue weighted by molar-refractivity contribution is 0.401. The van der Waals surface area contributed by atoms with Gasteiger partial charge in [-0.3, -0.25) is 4.98 Å². The van der Waals surface area contributed by atoms with Gasteiger partial charge in [0.2, 0.25) is 0 Å². The summed E-state index contributed by atoms with van der Waals surface area (Å²) in [5, 5.41) is 0. The maximum atomic E-state index is 3.78. The van der Waals surface area contributed by atoms with Gasteiger partial charge >= 0.3 is 0 Å². The van der Waals surface area contributed by atoms with Gasteiger partial charge in [0, 0.05) is 17.8 Å². The fraction of sp³-hybridized carbons (Fsp3) is 0.433. The summed E-state index contributed by atoms with van der Waals surface area (Å²) in [6, 6.07) is 24.1. The zero-order chi connectivity index (χ0) is 21.8. The van der Waals surface area contributed by atoms with E-state index in [1.165, 1.54) is 75.3 Å². The molecule has 0 saturated carbocycles. The summed E-state index contributed by atoms with van der Waals surface area (Å²) in [5.41, 5.74) is 6.44. The zero-order valence-electron chi connectivity index (χ0n) is 19.5. The minimum atomic E-state index is 0.259. The number of hydrogen-bond acceptors (Lipinski definition) is 1. The molecule has 31 heavy (non-hydrogen) atoms. The number of aromatic nitrogens is 1. The van der Waals surface area contributed by atoms with E-state index in [-0.39, 0.29) is 5.41 Å². The lowest BCUT2D eigenvalue weighted by Crippen LogP contribution is -2.25. The summed E-state index contributed by atoms with van der Waals surface area (Å²) in [6.45, 7) is 4.61. The maximum Gasteiger partial charge on any atom is 0.0267 e. The van der Waals surface area contributed by atoms with Crippen LogP contribution in [0.2, 0.25) is 0 Å². The Morgan fingerprint density at radius 2 is 1.03 bits per heavy atom. The van der Waals surface area contributed by atoms with Crippen LogP contribution in [-0.2, 0) is 5.41 Å². The summed E-state index contributed by atoms with van der Waals surface area (Å²) in [4.78, 5) is 3.78. The molecular weight excluding hydrogens is 374 g/mol. The van der Waals surface area contributed by atoms with Crippen LogP contribution in [0.4, 0.5) is 0 Å². The van der Waals surface area contributed by atoms with Crippen molar-refractivity contribution in [1.29, 1.82) is 0 Å². The highest BCUT2D eigenvalue weighted by molar-refractivity contribution is 5.80. The Morgan fingerprint density at radius 1 is 0.548 bits per heavy atom. The highest BCUT2D eigenvalue weighted by Crippen LogP contribution is 2.53. The normalized spacial score (nSPS) is 13.1. The molecule has 3 aromatic rings. The highest BCUT2D eigenvalue weighted by Gasteiger charge is 2.41. The molecule has 0 radical (unpaired) electrons. The molecule has 0 atom stereocenters. The molecule has 164 valence electrons. The average Bonchev–Trinajstić information content (AvgIpc) is 3.12. The topological polar surface area (TPSA) is 12.9 Å². The summed E-state index contributed by atoms with van der Waals surface area (Å²) in [7, 11) is 0. The van der Waals surface area contributed by atoms with Crippen LogP contribution in [0.15, 0.2) is 79.1 Å². The van der Waals surface area contributed by atoms with Crippen molar-refractivity contribution in [1.82, 2.24) is 4.98 Å². The van der Waals surface area contributed by atoms with Gasteiger partial charge in [0.15, 0.2) is 0 Å². The van der Waals surface area contributed by atoms with Crippen LogP contribution in [0.25, 0.3) is 11.1 Å². The van der Waals surface area contributed by atoms with Crippen LogP contribution >= 0.6 is 0 Å². The Bertz CT molecular complexity index is 797. The van der Waals surface area contributed by atoms with E-state index in [0.29, 0.717) is 0 Å². The summed E-state index contributed by atoms with van der Waals surface area (Å²) in [5.74, 6) is 0. The van der Waals surface area contributed by atoms with Gasteiger partial charge in [-0.05, 0) is 47.2 Å². The van der Waals surface area contributed by atoms with E-state index < -0.39 is 0 Å². The predicted octanol–water partition coefficient (Wildman–Crippen LogP) is 8.98. The number of pyridine rings is 1. The molecule has 0 amide bonds. The van der Waals surface area contributed by atoms with E-state index in [0.717, 1.165) is 0 Å². The molecule has 0 saturated heterocycles. The molecule has 0 bridgehead atoms. The molecule has 0 unspecified atom stereocenters. The van der Waals surface area contributed by atoms with Crippen molar-refractivity contribution in [2.24, 2.45) is 0 Å². The van der Waals surface area contributed by atoms with Gasteiger partial charge in [-0.2, -0.15) is 0 Å². The summed E-state index contributed by atoms with van der Waals surface area (Å²) in [6.07, 6.45) is 16.9. The van der Waals surface area contributed by atoms with E-state index in [2.05, 4.69) is 67.4 Å². The molecular formula is C30H39N. The van der Waals surface area contributed by atoms with Crippen LogP contribution < -0.4 is 0 Å². The third-order valence-corrected chi connectivity index (χ3v) is 6.66. The number of hydrogen-bond donors (Lipinski definition) is 0. The van der Waals surface area contributed by atoms with Gasteiger partial charge in [0.25, 0.3) is 0 Å². The van der Waals surface area contributed by atoms with Crippen molar-refractivity contribution in [3.8, 4) is 11.1 Å². The Morgan fingerprint density at radius 3 is 1.42 bits per heavy atom. The minimum absolute atomic E-state index is 0.259. The van der Waals surface area contributed by atoms with Crippen molar-refractivity contribution >= 4 is 0 Å². The Kier molecular flexibility index (Phi) is 9.34. The molecule has 4 rings (SSSR count). The first-order valence-corrected chi connectivity index (χ1v) is 12.4. The molecule has 0 fully saturated rings. The van der Waals surface area contributed by atoms with Crippen molar-refractivity contribution < 1.29 is 0 Å². The molecule has 0 aliphatic heterocycles. The maximum absolute atomic E-state index is 3.78. The lowest BCUT2D eigenvalue weighted by atomic mass is 9.70. The van der Waals surface area contributed by atoms with Crippen LogP contribution in [0.5, 0.6) is 0 Å². The van der Waals surface area contributed by atoms with E-state index >= 15 is 0 Å². The molecule has 1 heteroatoms. The summed E-state index contributed by atoms with van der Waals surface area (Å²) < 4.78 is 0. The third-order valence-electron chi connectivity index (χ3n) is 6.66. The first-order chi connectivity index (χ1) is 15.3. The van der Waals surface area contributed by atoms with Gasteiger partial charge in [0.05, 0.1) is 0 Å². The fourth-order valence-corrected chi connectivity index (χ4v) is 5.10. The monoisotopic (exact) mass is 413 g/mol. The number of benzene rings is 2. The number of unbranched alkanes of at least 4 members (excludes halogenated alkanes) is 6. The quantitative estimate of drug-likeness (QED) is 0.302.